The van der Waals surface area contributed by atoms with E-state index in [0.717, 1.165) is 11.1 Å². The highest BCUT2D eigenvalue weighted by Gasteiger charge is 2.39. The van der Waals surface area contributed by atoms with Gasteiger partial charge >= 0.3 is 0 Å². The molecule has 0 radical (unpaired) electrons. The molecule has 3 aromatic rings. The van der Waals surface area contributed by atoms with E-state index in [-0.39, 0.29) is 47.1 Å². The molecule has 2 aliphatic carbocycles. The first-order valence-corrected chi connectivity index (χ1v) is 10.2. The van der Waals surface area contributed by atoms with Crippen LogP contribution >= 0.6 is 0 Å². The third-order valence-electron chi connectivity index (χ3n) is 6.07. The maximum absolute atomic E-state index is 13.3. The van der Waals surface area contributed by atoms with Gasteiger partial charge in [-0.15, -0.1) is 0 Å². The molecular formula is C27H20O4. The van der Waals surface area contributed by atoms with Crippen LogP contribution in [0.2, 0.25) is 0 Å². The molecule has 0 spiro atoms. The summed E-state index contributed by atoms with van der Waals surface area (Å²) in [5.74, 6) is -1.63. The van der Waals surface area contributed by atoms with Crippen molar-refractivity contribution >= 4 is 23.1 Å². The van der Waals surface area contributed by atoms with Crippen molar-refractivity contribution in [3.63, 3.8) is 0 Å². The number of allylic oxidation sites excluding steroid dienone is 2. The normalized spacial score (nSPS) is 15.9. The molecule has 0 aromatic heterocycles. The smallest absolute Gasteiger partial charge is 0.167 e. The number of benzene rings is 3. The van der Waals surface area contributed by atoms with Gasteiger partial charge in [0, 0.05) is 29.9 Å². The molecule has 0 aliphatic heterocycles. The Morgan fingerprint density at radius 3 is 1.48 bits per heavy atom. The summed E-state index contributed by atoms with van der Waals surface area (Å²) < 4.78 is 0. The lowest BCUT2D eigenvalue weighted by molar-refractivity contribution is -0.115. The number of hydrogen-bond donors (Lipinski definition) is 2. The summed E-state index contributed by atoms with van der Waals surface area (Å²) in [6, 6.07) is 23.5. The molecule has 0 heterocycles. The number of rotatable bonds is 3. The first-order valence-electron chi connectivity index (χ1n) is 10.2. The molecule has 5 rings (SSSR count). The van der Waals surface area contributed by atoms with Crippen LogP contribution in [0.5, 0.6) is 0 Å². The van der Waals surface area contributed by atoms with Gasteiger partial charge in [0.2, 0.25) is 0 Å². The van der Waals surface area contributed by atoms with Crippen molar-refractivity contribution < 1.29 is 19.8 Å². The largest absolute Gasteiger partial charge is 0.507 e. The molecule has 0 fully saturated rings. The van der Waals surface area contributed by atoms with Crippen LogP contribution in [0, 0.1) is 0 Å². The van der Waals surface area contributed by atoms with Crippen LogP contribution in [-0.4, -0.2) is 21.8 Å². The van der Waals surface area contributed by atoms with Gasteiger partial charge < -0.3 is 10.2 Å². The predicted octanol–water partition coefficient (Wildman–Crippen LogP) is 4.96. The number of aliphatic hydroxyl groups is 2. The highest BCUT2D eigenvalue weighted by atomic mass is 16.3. The van der Waals surface area contributed by atoms with Crippen molar-refractivity contribution in [1.82, 2.24) is 0 Å². The minimum atomic E-state index is -0.858. The van der Waals surface area contributed by atoms with Gasteiger partial charge in [0.05, 0.1) is 11.1 Å². The number of ketones is 2. The molecular weight excluding hydrogens is 388 g/mol. The van der Waals surface area contributed by atoms with Crippen LogP contribution < -0.4 is 0 Å². The summed E-state index contributed by atoms with van der Waals surface area (Å²) in [6.45, 7) is 0. The van der Waals surface area contributed by atoms with Gasteiger partial charge in [-0.25, -0.2) is 0 Å². The van der Waals surface area contributed by atoms with Gasteiger partial charge in [0.15, 0.2) is 11.6 Å². The van der Waals surface area contributed by atoms with E-state index >= 15 is 0 Å². The highest BCUT2D eigenvalue weighted by Crippen LogP contribution is 2.44. The summed E-state index contributed by atoms with van der Waals surface area (Å²) in [7, 11) is 0. The van der Waals surface area contributed by atoms with E-state index in [1.165, 1.54) is 0 Å². The van der Waals surface area contributed by atoms with Crippen molar-refractivity contribution in [3.8, 4) is 0 Å². The van der Waals surface area contributed by atoms with E-state index in [4.69, 9.17) is 0 Å². The molecule has 2 aliphatic rings. The maximum atomic E-state index is 13.3. The SMILES string of the molecule is O=C1Cc2ccccc2C(O)=C1C(C1=C(O)c2ccccc2CC1=O)c1ccccc1. The van der Waals surface area contributed by atoms with Crippen molar-refractivity contribution in [3.05, 3.63) is 118 Å². The molecule has 3 aromatic carbocycles. The zero-order chi connectivity index (χ0) is 21.5. The second-order valence-corrected chi connectivity index (χ2v) is 7.88. The van der Waals surface area contributed by atoms with Crippen molar-refractivity contribution in [2.45, 2.75) is 18.8 Å². The average molecular weight is 408 g/mol. The summed E-state index contributed by atoms with van der Waals surface area (Å²) in [5, 5.41) is 22.3. The molecule has 152 valence electrons. The predicted molar refractivity (Wildman–Crippen MR) is 119 cm³/mol. The van der Waals surface area contributed by atoms with E-state index in [1.54, 1.807) is 24.3 Å². The highest BCUT2D eigenvalue weighted by molar-refractivity contribution is 6.13. The minimum absolute atomic E-state index is 0.132. The van der Waals surface area contributed by atoms with E-state index in [2.05, 4.69) is 0 Å². The molecule has 0 atom stereocenters. The second-order valence-electron chi connectivity index (χ2n) is 7.88. The van der Waals surface area contributed by atoms with E-state index < -0.39 is 5.92 Å². The quantitative estimate of drug-likeness (QED) is 0.642. The molecule has 2 N–H and O–H groups in total. The Morgan fingerprint density at radius 2 is 1.00 bits per heavy atom. The van der Waals surface area contributed by atoms with Gasteiger partial charge in [0.25, 0.3) is 0 Å². The lowest BCUT2D eigenvalue weighted by atomic mass is 9.73. The third kappa shape index (κ3) is 3.08. The van der Waals surface area contributed by atoms with Gasteiger partial charge in [-0.2, -0.15) is 0 Å². The zero-order valence-corrected chi connectivity index (χ0v) is 16.7. The summed E-state index contributed by atoms with van der Waals surface area (Å²) in [5.41, 5.74) is 3.64. The van der Waals surface area contributed by atoms with Crippen LogP contribution in [0.4, 0.5) is 0 Å². The third-order valence-corrected chi connectivity index (χ3v) is 6.07. The van der Waals surface area contributed by atoms with E-state index in [9.17, 15) is 19.8 Å². The number of carbonyl (C=O) groups is 2. The average Bonchev–Trinajstić information content (AvgIpc) is 2.78. The lowest BCUT2D eigenvalue weighted by Gasteiger charge is -2.30. The maximum Gasteiger partial charge on any atom is 0.167 e. The fraction of sp³-hybridized carbons (Fsp3) is 0.111. The number of aliphatic hydroxyl groups excluding tert-OH is 2. The van der Waals surface area contributed by atoms with Crippen LogP contribution in [-0.2, 0) is 22.4 Å². The van der Waals surface area contributed by atoms with Gasteiger partial charge in [-0.1, -0.05) is 78.9 Å². The van der Waals surface area contributed by atoms with Crippen molar-refractivity contribution in [1.29, 1.82) is 0 Å². The van der Waals surface area contributed by atoms with Gasteiger partial charge in [-0.05, 0) is 16.7 Å². The Labute approximate surface area is 179 Å². The molecule has 0 saturated carbocycles. The topological polar surface area (TPSA) is 74.6 Å². The number of carbonyl (C=O) groups excluding carboxylic acids is 2. The van der Waals surface area contributed by atoms with E-state index in [0.29, 0.717) is 16.7 Å². The standard InChI is InChI=1S/C27H20O4/c28-21-14-17-10-4-6-12-19(17)26(30)24(21)23(16-8-2-1-3-9-16)25-22(29)15-18-11-5-7-13-20(18)27(25)31/h1-13,23,30-31H,14-15H2. The number of Topliss-reactive ketones (excluding diaryl/α,β-unsaturated/α-hetero) is 2. The Kier molecular flexibility index (Phi) is 4.55. The molecule has 0 amide bonds. The fourth-order valence-corrected chi connectivity index (χ4v) is 4.62. The van der Waals surface area contributed by atoms with Crippen molar-refractivity contribution in [2.75, 3.05) is 0 Å². The van der Waals surface area contributed by atoms with Crippen LogP contribution in [0.3, 0.4) is 0 Å². The van der Waals surface area contributed by atoms with Gasteiger partial charge in [-0.3, -0.25) is 9.59 Å². The Hall–Kier alpha value is -3.92. The van der Waals surface area contributed by atoms with Crippen molar-refractivity contribution in [2.24, 2.45) is 0 Å². The van der Waals surface area contributed by atoms with Gasteiger partial charge in [0.1, 0.15) is 11.5 Å². The van der Waals surface area contributed by atoms with Crippen LogP contribution in [0.1, 0.15) is 33.7 Å². The molecule has 4 heteroatoms. The number of fused-ring (bicyclic) bond motifs is 2. The lowest BCUT2D eigenvalue weighted by Crippen LogP contribution is -2.27. The van der Waals surface area contributed by atoms with Crippen LogP contribution in [0.15, 0.2) is 90.0 Å². The summed E-state index contributed by atoms with van der Waals surface area (Å²) in [6.07, 6.45) is 0.273. The monoisotopic (exact) mass is 408 g/mol. The number of hydrogen-bond acceptors (Lipinski definition) is 4. The first kappa shape index (κ1) is 19.1. The molecule has 4 nitrogen and oxygen atoms in total. The van der Waals surface area contributed by atoms with E-state index in [1.807, 2.05) is 54.6 Å². The zero-order valence-electron chi connectivity index (χ0n) is 16.7. The second kappa shape index (κ2) is 7.40. The minimum Gasteiger partial charge on any atom is -0.507 e. The fourth-order valence-electron chi connectivity index (χ4n) is 4.62. The van der Waals surface area contributed by atoms with Crippen LogP contribution in [0.25, 0.3) is 11.5 Å². The summed E-state index contributed by atoms with van der Waals surface area (Å²) >= 11 is 0. The molecule has 0 saturated heterocycles. The Balaban J connectivity index is 1.80. The first-order chi connectivity index (χ1) is 15.1. The summed E-state index contributed by atoms with van der Waals surface area (Å²) in [4.78, 5) is 26.5. The molecule has 0 bridgehead atoms. The molecule has 0 unspecified atom stereocenters. The Bertz CT molecular complexity index is 1200. The Morgan fingerprint density at radius 1 is 0.581 bits per heavy atom. The molecule has 31 heavy (non-hydrogen) atoms.